The van der Waals surface area contributed by atoms with Crippen molar-refractivity contribution in [2.24, 2.45) is 0 Å². The van der Waals surface area contributed by atoms with Gasteiger partial charge in [-0.1, -0.05) is 38.2 Å². The first-order valence-electron chi connectivity index (χ1n) is 13.9. The molecule has 0 saturated carbocycles. The van der Waals surface area contributed by atoms with Crippen molar-refractivity contribution in [3.05, 3.63) is 84.7 Å². The number of ether oxygens (including phenoxy) is 1. The Bertz CT molecular complexity index is 1810. The van der Waals surface area contributed by atoms with E-state index in [1.807, 2.05) is 32.9 Å². The maximum atomic E-state index is 13.9. The summed E-state index contributed by atoms with van der Waals surface area (Å²) in [6, 6.07) is 14.7. The lowest BCUT2D eigenvalue weighted by Crippen LogP contribution is -2.23. The molecule has 44 heavy (non-hydrogen) atoms. The van der Waals surface area contributed by atoms with Gasteiger partial charge in [-0.3, -0.25) is 15.0 Å². The summed E-state index contributed by atoms with van der Waals surface area (Å²) >= 11 is 1.47. The van der Waals surface area contributed by atoms with Gasteiger partial charge in [0, 0.05) is 30.6 Å². The van der Waals surface area contributed by atoms with E-state index in [2.05, 4.69) is 30.7 Å². The molecule has 1 aliphatic heterocycles. The molecular formula is C31H29FN8O3S. The van der Waals surface area contributed by atoms with Crippen LogP contribution >= 0.6 is 11.3 Å². The number of hydrogen-bond acceptors (Lipinski definition) is 8. The SMILES string of the molecule is CC(C)(C)c1cc(NC(=O)Nc2cnc(Oc3ccc(-c4cnc(N5CCCC5=O)s4)cc3)nc2)n(-c2cccc(F)c2)n1. The highest BCUT2D eigenvalue weighted by molar-refractivity contribution is 7.19. The fourth-order valence-electron chi connectivity index (χ4n) is 4.52. The third-order valence-corrected chi connectivity index (χ3v) is 7.87. The molecule has 1 aliphatic rings. The highest BCUT2D eigenvalue weighted by Gasteiger charge is 2.25. The number of carbonyl (C=O) groups excluding carboxylic acids is 2. The van der Waals surface area contributed by atoms with Gasteiger partial charge in [0.1, 0.15) is 17.4 Å². The van der Waals surface area contributed by atoms with Gasteiger partial charge < -0.3 is 10.1 Å². The lowest BCUT2D eigenvalue weighted by atomic mass is 9.92. The van der Waals surface area contributed by atoms with Gasteiger partial charge in [0.15, 0.2) is 5.13 Å². The number of anilines is 3. The summed E-state index contributed by atoms with van der Waals surface area (Å²) in [6.07, 6.45) is 6.05. The molecule has 0 atom stereocenters. The maximum absolute atomic E-state index is 13.9. The van der Waals surface area contributed by atoms with Crippen LogP contribution in [0, 0.1) is 5.82 Å². The number of hydrogen-bond donors (Lipinski definition) is 2. The van der Waals surface area contributed by atoms with Crippen molar-refractivity contribution in [1.29, 1.82) is 0 Å². The van der Waals surface area contributed by atoms with E-state index in [0.717, 1.165) is 22.6 Å². The van der Waals surface area contributed by atoms with Gasteiger partial charge in [0.05, 0.1) is 34.3 Å². The normalized spacial score (nSPS) is 13.3. The first kappa shape index (κ1) is 28.9. The highest BCUT2D eigenvalue weighted by Crippen LogP contribution is 2.34. The van der Waals surface area contributed by atoms with E-state index in [4.69, 9.17) is 4.74 Å². The number of nitrogens with one attached hydrogen (secondary N) is 2. The number of thiazole rings is 1. The van der Waals surface area contributed by atoms with Gasteiger partial charge >= 0.3 is 12.0 Å². The molecule has 0 spiro atoms. The first-order chi connectivity index (χ1) is 21.1. The van der Waals surface area contributed by atoms with Crippen LogP contribution in [0.25, 0.3) is 16.1 Å². The average molecular weight is 613 g/mol. The number of amides is 3. The number of benzene rings is 2. The Morgan fingerprint density at radius 3 is 2.45 bits per heavy atom. The minimum Gasteiger partial charge on any atom is -0.424 e. The van der Waals surface area contributed by atoms with Crippen molar-refractivity contribution in [2.75, 3.05) is 22.1 Å². The number of aromatic nitrogens is 5. The molecule has 1 fully saturated rings. The summed E-state index contributed by atoms with van der Waals surface area (Å²) in [6.45, 7) is 6.71. The van der Waals surface area contributed by atoms with Gasteiger partial charge in [-0.2, -0.15) is 5.10 Å². The Hall–Kier alpha value is -5.17. The second kappa shape index (κ2) is 11.8. The van der Waals surface area contributed by atoms with Crippen molar-refractivity contribution < 1.29 is 18.7 Å². The standard InChI is InChI=1S/C31H29FN8O3S/c1-31(2,3)25-15-26(40(38-25)22-7-4-6-20(32)14-22)37-28(42)36-21-16-33-29(34-17-21)43-23-11-9-19(10-12-23)24-18-35-30(44-24)39-13-5-8-27(39)41/h4,6-7,9-12,14-18H,5,8,13H2,1-3H3,(H2,36,37,42). The molecule has 224 valence electrons. The van der Waals surface area contributed by atoms with Crippen LogP contribution in [0.2, 0.25) is 0 Å². The largest absolute Gasteiger partial charge is 0.424 e. The molecule has 5 aromatic rings. The summed E-state index contributed by atoms with van der Waals surface area (Å²) in [4.78, 5) is 40.4. The minimum absolute atomic E-state index is 0.107. The van der Waals surface area contributed by atoms with Gasteiger partial charge in [-0.05, 0) is 54.4 Å². The lowest BCUT2D eigenvalue weighted by Gasteiger charge is -2.14. The molecule has 4 heterocycles. The first-order valence-corrected chi connectivity index (χ1v) is 14.7. The number of halogens is 1. The quantitative estimate of drug-likeness (QED) is 0.207. The molecule has 2 aromatic carbocycles. The Kier molecular flexibility index (Phi) is 7.78. The van der Waals surface area contributed by atoms with Crippen LogP contribution < -0.4 is 20.3 Å². The Labute approximate surface area is 256 Å². The van der Waals surface area contributed by atoms with Gasteiger partial charge in [0.2, 0.25) is 5.91 Å². The molecule has 3 aromatic heterocycles. The summed E-state index contributed by atoms with van der Waals surface area (Å²) in [7, 11) is 0. The van der Waals surface area contributed by atoms with Crippen molar-refractivity contribution in [3.63, 3.8) is 0 Å². The zero-order valence-corrected chi connectivity index (χ0v) is 25.1. The van der Waals surface area contributed by atoms with Crippen LogP contribution in [0.1, 0.15) is 39.3 Å². The fourth-order valence-corrected chi connectivity index (χ4v) is 5.48. The second-order valence-electron chi connectivity index (χ2n) is 11.2. The third kappa shape index (κ3) is 6.42. The molecule has 11 nitrogen and oxygen atoms in total. The van der Waals surface area contributed by atoms with Crippen LogP contribution in [0.4, 0.5) is 25.8 Å². The van der Waals surface area contributed by atoms with Crippen molar-refractivity contribution in [3.8, 4) is 27.9 Å². The van der Waals surface area contributed by atoms with Gasteiger partial charge in [0.25, 0.3) is 0 Å². The van der Waals surface area contributed by atoms with E-state index >= 15 is 0 Å². The topological polar surface area (TPSA) is 127 Å². The maximum Gasteiger partial charge on any atom is 0.324 e. The van der Waals surface area contributed by atoms with Crippen LogP contribution in [0.5, 0.6) is 11.8 Å². The zero-order valence-electron chi connectivity index (χ0n) is 24.2. The summed E-state index contributed by atoms with van der Waals surface area (Å²) in [5.41, 5.74) is 2.20. The molecule has 0 unspecified atom stereocenters. The highest BCUT2D eigenvalue weighted by atomic mass is 32.1. The Morgan fingerprint density at radius 2 is 1.77 bits per heavy atom. The van der Waals surface area contributed by atoms with Gasteiger partial charge in [-0.25, -0.2) is 28.8 Å². The summed E-state index contributed by atoms with van der Waals surface area (Å²) in [5.74, 6) is 0.610. The second-order valence-corrected chi connectivity index (χ2v) is 12.2. The Morgan fingerprint density at radius 1 is 1.00 bits per heavy atom. The van der Waals surface area contributed by atoms with Crippen LogP contribution in [0.15, 0.2) is 73.2 Å². The Balaban J connectivity index is 1.08. The van der Waals surface area contributed by atoms with Crippen LogP contribution in [-0.2, 0) is 10.2 Å². The van der Waals surface area contributed by atoms with E-state index in [-0.39, 0.29) is 17.3 Å². The molecule has 3 amide bonds. The van der Waals surface area contributed by atoms with Crippen LogP contribution in [0.3, 0.4) is 0 Å². The van der Waals surface area contributed by atoms with E-state index in [0.29, 0.717) is 41.0 Å². The van der Waals surface area contributed by atoms with E-state index in [1.54, 1.807) is 41.4 Å². The summed E-state index contributed by atoms with van der Waals surface area (Å²) < 4.78 is 21.2. The predicted octanol–water partition coefficient (Wildman–Crippen LogP) is 6.79. The van der Waals surface area contributed by atoms with Crippen molar-refractivity contribution in [1.82, 2.24) is 24.7 Å². The molecule has 0 bridgehead atoms. The van der Waals surface area contributed by atoms with Crippen LogP contribution in [-0.4, -0.2) is 43.2 Å². The van der Waals surface area contributed by atoms with E-state index < -0.39 is 11.8 Å². The third-order valence-electron chi connectivity index (χ3n) is 6.80. The monoisotopic (exact) mass is 612 g/mol. The summed E-state index contributed by atoms with van der Waals surface area (Å²) in [5, 5.41) is 10.8. The van der Waals surface area contributed by atoms with Crippen molar-refractivity contribution >= 4 is 39.9 Å². The molecule has 6 rings (SSSR count). The van der Waals surface area contributed by atoms with E-state index in [9.17, 15) is 14.0 Å². The number of carbonyl (C=O) groups is 2. The molecule has 0 aliphatic carbocycles. The molecular weight excluding hydrogens is 583 g/mol. The van der Waals surface area contributed by atoms with E-state index in [1.165, 1.54) is 40.5 Å². The average Bonchev–Trinajstić information content (AvgIpc) is 3.74. The number of urea groups is 1. The van der Waals surface area contributed by atoms with Gasteiger partial charge in [-0.15, -0.1) is 0 Å². The number of rotatable bonds is 7. The predicted molar refractivity (Wildman–Crippen MR) is 166 cm³/mol. The lowest BCUT2D eigenvalue weighted by molar-refractivity contribution is -0.117. The molecule has 13 heteroatoms. The number of nitrogens with zero attached hydrogens (tertiary/aromatic N) is 6. The smallest absolute Gasteiger partial charge is 0.324 e. The van der Waals surface area contributed by atoms with Crippen molar-refractivity contribution in [2.45, 2.75) is 39.0 Å². The zero-order chi connectivity index (χ0) is 30.8. The molecule has 0 radical (unpaired) electrons. The fraction of sp³-hybridized carbons (Fsp3) is 0.226. The minimum atomic E-state index is -0.545. The molecule has 2 N–H and O–H groups in total. The molecule has 1 saturated heterocycles.